The van der Waals surface area contributed by atoms with Gasteiger partial charge in [0.2, 0.25) is 0 Å². The van der Waals surface area contributed by atoms with Crippen LogP contribution < -0.4 is 0 Å². The molecule has 3 atom stereocenters. The second-order valence-corrected chi connectivity index (χ2v) is 7.55. The number of aliphatic imine (C=N–C) groups is 1. The number of nitriles is 1. The lowest BCUT2D eigenvalue weighted by atomic mass is 9.69. The zero-order valence-corrected chi connectivity index (χ0v) is 15.6. The van der Waals surface area contributed by atoms with Gasteiger partial charge >= 0.3 is 0 Å². The van der Waals surface area contributed by atoms with Gasteiger partial charge in [0.05, 0.1) is 12.0 Å². The van der Waals surface area contributed by atoms with Crippen molar-refractivity contribution in [2.24, 2.45) is 10.9 Å². The lowest BCUT2D eigenvalue weighted by Crippen LogP contribution is -2.32. The van der Waals surface area contributed by atoms with E-state index in [1.165, 1.54) is 11.1 Å². The van der Waals surface area contributed by atoms with Crippen LogP contribution in [0.4, 0.5) is 0 Å². The summed E-state index contributed by atoms with van der Waals surface area (Å²) in [5.41, 5.74) is 5.81. The first-order valence-corrected chi connectivity index (χ1v) is 9.41. The van der Waals surface area contributed by atoms with E-state index >= 15 is 0 Å². The molecule has 0 amide bonds. The molecule has 27 heavy (non-hydrogen) atoms. The number of allylic oxidation sites excluding steroid dienone is 2. The van der Waals surface area contributed by atoms with Crippen molar-refractivity contribution < 1.29 is 4.79 Å². The first-order chi connectivity index (χ1) is 13.1. The van der Waals surface area contributed by atoms with E-state index < -0.39 is 0 Å². The SMILES string of the molecule is CC1=NC2=C(C(=O)CC(c3ccccc3)C2)C(c2ccc(C)cc2)C1C#N. The number of carbonyl (C=O) groups is 1. The second-order valence-electron chi connectivity index (χ2n) is 7.55. The van der Waals surface area contributed by atoms with Crippen LogP contribution in [0.2, 0.25) is 0 Å². The van der Waals surface area contributed by atoms with Crippen LogP contribution in [0.15, 0.2) is 70.9 Å². The third-order valence-electron chi connectivity index (χ3n) is 5.74. The molecule has 2 aliphatic rings. The number of carbonyl (C=O) groups excluding carboxylic acids is 1. The number of rotatable bonds is 2. The number of hydrogen-bond acceptors (Lipinski definition) is 3. The summed E-state index contributed by atoms with van der Waals surface area (Å²) < 4.78 is 0. The highest BCUT2D eigenvalue weighted by molar-refractivity contribution is 6.03. The molecule has 1 heterocycles. The zero-order valence-electron chi connectivity index (χ0n) is 15.6. The van der Waals surface area contributed by atoms with E-state index in [0.29, 0.717) is 6.42 Å². The highest BCUT2D eigenvalue weighted by Crippen LogP contribution is 2.46. The summed E-state index contributed by atoms with van der Waals surface area (Å²) >= 11 is 0. The summed E-state index contributed by atoms with van der Waals surface area (Å²) in [6.45, 7) is 3.95. The van der Waals surface area contributed by atoms with Gasteiger partial charge in [-0.3, -0.25) is 9.79 Å². The minimum atomic E-state index is -0.385. The van der Waals surface area contributed by atoms with Crippen LogP contribution in [0, 0.1) is 24.2 Å². The molecule has 2 aromatic carbocycles. The highest BCUT2D eigenvalue weighted by atomic mass is 16.1. The highest BCUT2D eigenvalue weighted by Gasteiger charge is 2.41. The van der Waals surface area contributed by atoms with Crippen LogP contribution in [-0.4, -0.2) is 11.5 Å². The van der Waals surface area contributed by atoms with Gasteiger partial charge in [-0.2, -0.15) is 5.26 Å². The molecule has 4 rings (SSSR count). The molecule has 2 aromatic rings. The number of benzene rings is 2. The van der Waals surface area contributed by atoms with E-state index in [0.717, 1.165) is 29.0 Å². The van der Waals surface area contributed by atoms with E-state index in [2.05, 4.69) is 18.2 Å². The maximum absolute atomic E-state index is 13.2. The smallest absolute Gasteiger partial charge is 0.161 e. The molecule has 0 fully saturated rings. The first kappa shape index (κ1) is 17.4. The molecule has 0 radical (unpaired) electrons. The average Bonchev–Trinajstić information content (AvgIpc) is 2.68. The van der Waals surface area contributed by atoms with E-state index in [9.17, 15) is 10.1 Å². The number of ketones is 1. The van der Waals surface area contributed by atoms with Gasteiger partial charge in [0.15, 0.2) is 5.78 Å². The Hall–Kier alpha value is -2.99. The van der Waals surface area contributed by atoms with Gasteiger partial charge in [-0.15, -0.1) is 0 Å². The van der Waals surface area contributed by atoms with Crippen LogP contribution >= 0.6 is 0 Å². The Bertz CT molecular complexity index is 977. The Morgan fingerprint density at radius 1 is 0.963 bits per heavy atom. The molecule has 3 unspecified atom stereocenters. The normalized spacial score (nSPS) is 24.9. The quantitative estimate of drug-likeness (QED) is 0.754. The van der Waals surface area contributed by atoms with Crippen molar-refractivity contribution in [2.45, 2.75) is 38.5 Å². The molecule has 0 N–H and O–H groups in total. The van der Waals surface area contributed by atoms with E-state index in [-0.39, 0.29) is 23.5 Å². The van der Waals surface area contributed by atoms with Gasteiger partial charge in [-0.05, 0) is 37.3 Å². The predicted molar refractivity (Wildman–Crippen MR) is 107 cm³/mol. The van der Waals surface area contributed by atoms with E-state index in [1.807, 2.05) is 56.3 Å². The number of Topliss-reactive ketones (excluding diaryl/α,β-unsaturated/α-hetero) is 1. The predicted octanol–water partition coefficient (Wildman–Crippen LogP) is 5.09. The molecular formula is C24H22N2O. The van der Waals surface area contributed by atoms with Crippen molar-refractivity contribution in [1.29, 1.82) is 5.26 Å². The summed E-state index contributed by atoms with van der Waals surface area (Å²) in [5.74, 6) is -0.311. The fraction of sp³-hybridized carbons (Fsp3) is 0.292. The van der Waals surface area contributed by atoms with E-state index in [1.54, 1.807) is 0 Å². The molecular weight excluding hydrogens is 332 g/mol. The van der Waals surface area contributed by atoms with E-state index in [4.69, 9.17) is 4.99 Å². The summed E-state index contributed by atoms with van der Waals surface area (Å²) in [5, 5.41) is 9.79. The second kappa shape index (κ2) is 6.96. The molecule has 0 aromatic heterocycles. The van der Waals surface area contributed by atoms with Crippen molar-refractivity contribution in [1.82, 2.24) is 0 Å². The number of nitrogens with zero attached hydrogens (tertiary/aromatic N) is 2. The third-order valence-corrected chi connectivity index (χ3v) is 5.74. The minimum Gasteiger partial charge on any atom is -0.294 e. The molecule has 1 aliphatic heterocycles. The molecule has 3 heteroatoms. The van der Waals surface area contributed by atoms with Gasteiger partial charge in [0, 0.05) is 29.3 Å². The Balaban J connectivity index is 1.79. The van der Waals surface area contributed by atoms with Crippen LogP contribution in [0.3, 0.4) is 0 Å². The Morgan fingerprint density at radius 2 is 1.67 bits per heavy atom. The van der Waals surface area contributed by atoms with Crippen LogP contribution in [0.1, 0.15) is 48.3 Å². The molecule has 0 bridgehead atoms. The maximum Gasteiger partial charge on any atom is 0.161 e. The molecule has 0 saturated heterocycles. The topological polar surface area (TPSA) is 53.2 Å². The van der Waals surface area contributed by atoms with Crippen LogP contribution in [-0.2, 0) is 4.79 Å². The van der Waals surface area contributed by atoms with Crippen molar-refractivity contribution in [3.8, 4) is 6.07 Å². The largest absolute Gasteiger partial charge is 0.294 e. The average molecular weight is 354 g/mol. The molecule has 134 valence electrons. The number of aryl methyl sites for hydroxylation is 1. The van der Waals surface area contributed by atoms with Gasteiger partial charge in [-0.25, -0.2) is 0 Å². The minimum absolute atomic E-state index is 0.132. The summed E-state index contributed by atoms with van der Waals surface area (Å²) in [6.07, 6.45) is 1.24. The van der Waals surface area contributed by atoms with Gasteiger partial charge < -0.3 is 0 Å². The zero-order chi connectivity index (χ0) is 19.0. The first-order valence-electron chi connectivity index (χ1n) is 9.41. The number of hydrogen-bond donors (Lipinski definition) is 0. The molecule has 0 spiro atoms. The Kier molecular flexibility index (Phi) is 4.49. The van der Waals surface area contributed by atoms with Crippen LogP contribution in [0.25, 0.3) is 0 Å². The lowest BCUT2D eigenvalue weighted by Gasteiger charge is -2.35. The van der Waals surface area contributed by atoms with Crippen molar-refractivity contribution in [3.05, 3.63) is 82.6 Å². The molecule has 0 saturated carbocycles. The summed E-state index contributed by atoms with van der Waals surface area (Å²) in [6, 6.07) is 20.8. The monoisotopic (exact) mass is 354 g/mol. The van der Waals surface area contributed by atoms with Gasteiger partial charge in [-0.1, -0.05) is 60.2 Å². The standard InChI is InChI=1S/C24H22N2O/c1-15-8-10-18(11-9-15)23-20(14-25)16(2)26-21-12-19(13-22(27)24(21)23)17-6-4-3-5-7-17/h3-11,19-20,23H,12-13H2,1-2H3. The molecule has 3 nitrogen and oxygen atoms in total. The van der Waals surface area contributed by atoms with Crippen molar-refractivity contribution in [3.63, 3.8) is 0 Å². The van der Waals surface area contributed by atoms with Crippen LogP contribution in [0.5, 0.6) is 0 Å². The summed E-state index contributed by atoms with van der Waals surface area (Å²) in [4.78, 5) is 17.9. The summed E-state index contributed by atoms with van der Waals surface area (Å²) in [7, 11) is 0. The Labute approximate surface area is 160 Å². The molecule has 1 aliphatic carbocycles. The van der Waals surface area contributed by atoms with Gasteiger partial charge in [0.25, 0.3) is 0 Å². The van der Waals surface area contributed by atoms with Gasteiger partial charge in [0.1, 0.15) is 0 Å². The third kappa shape index (κ3) is 3.13. The van der Waals surface area contributed by atoms with Crippen molar-refractivity contribution >= 4 is 11.5 Å². The fourth-order valence-electron chi connectivity index (χ4n) is 4.32. The maximum atomic E-state index is 13.2. The Morgan fingerprint density at radius 3 is 2.33 bits per heavy atom. The van der Waals surface area contributed by atoms with Crippen molar-refractivity contribution in [2.75, 3.05) is 0 Å². The fourth-order valence-corrected chi connectivity index (χ4v) is 4.32. The lowest BCUT2D eigenvalue weighted by molar-refractivity contribution is -0.116.